The highest BCUT2D eigenvalue weighted by Crippen LogP contribution is 2.09. The molecule has 0 saturated heterocycles. The van der Waals surface area contributed by atoms with Gasteiger partial charge in [0.1, 0.15) is 0 Å². The van der Waals surface area contributed by atoms with Crippen LogP contribution in [0.4, 0.5) is 4.79 Å². The van der Waals surface area contributed by atoms with Gasteiger partial charge in [-0.05, 0) is 38.8 Å². The third-order valence-electron chi connectivity index (χ3n) is 2.08. The Balaban J connectivity index is 2.82. The van der Waals surface area contributed by atoms with Gasteiger partial charge in [-0.3, -0.25) is 4.72 Å². The summed E-state index contributed by atoms with van der Waals surface area (Å²) in [5, 5.41) is 2.61. The van der Waals surface area contributed by atoms with Crippen molar-refractivity contribution in [1.82, 2.24) is 10.0 Å². The molecule has 17 heavy (non-hydrogen) atoms. The Morgan fingerprint density at radius 1 is 1.29 bits per heavy atom. The summed E-state index contributed by atoms with van der Waals surface area (Å²) in [5.41, 5.74) is 1.07. The lowest BCUT2D eigenvalue weighted by Crippen LogP contribution is -2.42. The van der Waals surface area contributed by atoms with Gasteiger partial charge in [-0.25, -0.2) is 9.00 Å². The zero-order chi connectivity index (χ0) is 13.1. The Labute approximate surface area is 103 Å². The van der Waals surface area contributed by atoms with Crippen molar-refractivity contribution < 1.29 is 9.00 Å². The lowest BCUT2D eigenvalue weighted by Gasteiger charge is -2.14. The number of benzene rings is 1. The van der Waals surface area contributed by atoms with Gasteiger partial charge in [0.2, 0.25) is 0 Å². The maximum Gasteiger partial charge on any atom is 0.326 e. The molecule has 1 aromatic rings. The molecular weight excluding hydrogens is 236 g/mol. The molecule has 1 aromatic carbocycles. The van der Waals surface area contributed by atoms with Crippen LogP contribution in [0, 0.1) is 6.92 Å². The van der Waals surface area contributed by atoms with Gasteiger partial charge in [0.05, 0.1) is 9.71 Å². The molecular formula is C12H18N2O2S. The van der Waals surface area contributed by atoms with E-state index in [1.54, 1.807) is 12.1 Å². The number of rotatable bonds is 3. The third kappa shape index (κ3) is 4.11. The molecule has 2 N–H and O–H groups in total. The van der Waals surface area contributed by atoms with E-state index >= 15 is 0 Å². The van der Waals surface area contributed by atoms with Crippen LogP contribution in [-0.2, 0) is 9.71 Å². The predicted octanol–water partition coefficient (Wildman–Crippen LogP) is 1.69. The summed E-state index contributed by atoms with van der Waals surface area (Å²) in [5.74, 6) is 3.57. The lowest BCUT2D eigenvalue weighted by molar-refractivity contribution is 0.244. The number of hydrogen-bond acceptors (Lipinski definition) is 2. The zero-order valence-electron chi connectivity index (χ0n) is 10.3. The van der Waals surface area contributed by atoms with Gasteiger partial charge in [0.25, 0.3) is 0 Å². The van der Waals surface area contributed by atoms with Crippen LogP contribution in [0.2, 0.25) is 0 Å². The van der Waals surface area contributed by atoms with Crippen LogP contribution >= 0.6 is 0 Å². The molecule has 0 aliphatic rings. The largest absolute Gasteiger partial charge is 0.335 e. The topological polar surface area (TPSA) is 58.2 Å². The number of carbonyl (C=O) groups excluding carboxylic acids is 1. The zero-order valence-corrected chi connectivity index (χ0v) is 11.1. The van der Waals surface area contributed by atoms with E-state index in [0.29, 0.717) is 4.90 Å². The first-order chi connectivity index (χ1) is 7.81. The van der Waals surface area contributed by atoms with Crippen molar-refractivity contribution in [2.24, 2.45) is 0 Å². The van der Waals surface area contributed by atoms with E-state index in [0.717, 1.165) is 5.56 Å². The van der Waals surface area contributed by atoms with E-state index in [1.807, 2.05) is 32.9 Å². The Kier molecular flexibility index (Phi) is 4.17. The number of nitrogens with one attached hydrogen (secondary N) is 2. The van der Waals surface area contributed by atoms with Gasteiger partial charge in [0.15, 0.2) is 0 Å². The molecule has 0 radical (unpaired) electrons. The number of amides is 2. The summed E-state index contributed by atoms with van der Waals surface area (Å²) >= 11 is 0. The Hall–Kier alpha value is -1.49. The SMILES string of the molecule is C=S(=O)(NC(=O)NC(C)C)c1ccc(C)cc1. The summed E-state index contributed by atoms with van der Waals surface area (Å²) in [6, 6.07) is 6.61. The molecule has 94 valence electrons. The van der Waals surface area contributed by atoms with Gasteiger partial charge >= 0.3 is 6.03 Å². The first kappa shape index (κ1) is 13.6. The minimum absolute atomic E-state index is 0.0109. The van der Waals surface area contributed by atoms with Crippen molar-refractivity contribution in [1.29, 1.82) is 0 Å². The maximum absolute atomic E-state index is 12.2. The molecule has 0 aliphatic heterocycles. The number of aryl methyl sites for hydroxylation is 1. The van der Waals surface area contributed by atoms with Crippen molar-refractivity contribution >= 4 is 21.6 Å². The van der Waals surface area contributed by atoms with Gasteiger partial charge in [-0.2, -0.15) is 0 Å². The van der Waals surface area contributed by atoms with Gasteiger partial charge in [-0.15, -0.1) is 0 Å². The third-order valence-corrected chi connectivity index (χ3v) is 3.63. The molecule has 0 fully saturated rings. The standard InChI is InChI=1S/C12H18N2O2S/c1-9(2)13-12(15)14-17(4,16)11-7-5-10(3)6-8-11/h5-9H,4H2,1-3H3,(H2,13,14,15,16). The highest BCUT2D eigenvalue weighted by Gasteiger charge is 2.11. The number of carbonyl (C=O) groups is 1. The van der Waals surface area contributed by atoms with Crippen LogP contribution in [0.5, 0.6) is 0 Å². The van der Waals surface area contributed by atoms with Crippen LogP contribution < -0.4 is 10.0 Å². The average molecular weight is 254 g/mol. The van der Waals surface area contributed by atoms with Crippen LogP contribution in [0.3, 0.4) is 0 Å². The fourth-order valence-corrected chi connectivity index (χ4v) is 2.31. The summed E-state index contributed by atoms with van der Waals surface area (Å²) in [7, 11) is -2.78. The van der Waals surface area contributed by atoms with Crippen molar-refractivity contribution in [2.75, 3.05) is 0 Å². The average Bonchev–Trinajstić information content (AvgIpc) is 2.15. The molecule has 1 atom stereocenters. The Morgan fingerprint density at radius 2 is 1.82 bits per heavy atom. The van der Waals surface area contributed by atoms with Crippen molar-refractivity contribution in [3.05, 3.63) is 29.8 Å². The molecule has 0 aliphatic carbocycles. The first-order valence-corrected chi connectivity index (χ1v) is 7.06. The van der Waals surface area contributed by atoms with Crippen molar-refractivity contribution in [2.45, 2.75) is 31.7 Å². The highest BCUT2D eigenvalue weighted by atomic mass is 32.2. The van der Waals surface area contributed by atoms with Crippen LogP contribution in [0.25, 0.3) is 0 Å². The van der Waals surface area contributed by atoms with Gasteiger partial charge in [-0.1, -0.05) is 17.7 Å². The highest BCUT2D eigenvalue weighted by molar-refractivity contribution is 7.99. The Bertz CT molecular complexity index is 490. The van der Waals surface area contributed by atoms with Gasteiger partial charge < -0.3 is 5.32 Å². The molecule has 0 saturated carbocycles. The fourth-order valence-electron chi connectivity index (χ4n) is 1.26. The van der Waals surface area contributed by atoms with Crippen LogP contribution in [0.1, 0.15) is 19.4 Å². The molecule has 0 aromatic heterocycles. The smallest absolute Gasteiger partial charge is 0.326 e. The predicted molar refractivity (Wildman–Crippen MR) is 71.5 cm³/mol. The molecule has 0 heterocycles. The Morgan fingerprint density at radius 3 is 2.29 bits per heavy atom. The van der Waals surface area contributed by atoms with E-state index in [-0.39, 0.29) is 6.04 Å². The van der Waals surface area contributed by atoms with Crippen LogP contribution in [-0.4, -0.2) is 22.2 Å². The second kappa shape index (κ2) is 5.23. The maximum atomic E-state index is 12.2. The summed E-state index contributed by atoms with van der Waals surface area (Å²) in [4.78, 5) is 12.0. The summed E-state index contributed by atoms with van der Waals surface area (Å²) in [6.07, 6.45) is 0. The first-order valence-electron chi connectivity index (χ1n) is 5.33. The van der Waals surface area contributed by atoms with Crippen molar-refractivity contribution in [3.8, 4) is 0 Å². The van der Waals surface area contributed by atoms with E-state index in [9.17, 15) is 9.00 Å². The van der Waals surface area contributed by atoms with E-state index < -0.39 is 15.7 Å². The second-order valence-corrected chi connectivity index (χ2v) is 6.24. The molecule has 4 nitrogen and oxygen atoms in total. The quantitative estimate of drug-likeness (QED) is 0.806. The van der Waals surface area contributed by atoms with Gasteiger partial charge in [0, 0.05) is 10.9 Å². The second-order valence-electron chi connectivity index (χ2n) is 4.22. The van der Waals surface area contributed by atoms with E-state index in [2.05, 4.69) is 15.9 Å². The minimum atomic E-state index is -2.78. The molecule has 0 spiro atoms. The summed E-state index contributed by atoms with van der Waals surface area (Å²) < 4.78 is 14.6. The molecule has 1 unspecified atom stereocenters. The molecule has 5 heteroatoms. The van der Waals surface area contributed by atoms with E-state index in [4.69, 9.17) is 0 Å². The normalized spacial score (nSPS) is 14.1. The van der Waals surface area contributed by atoms with Crippen molar-refractivity contribution in [3.63, 3.8) is 0 Å². The summed E-state index contributed by atoms with van der Waals surface area (Å²) in [6.45, 7) is 5.60. The lowest BCUT2D eigenvalue weighted by atomic mass is 10.2. The monoisotopic (exact) mass is 254 g/mol. The number of hydrogen-bond donors (Lipinski definition) is 2. The number of urea groups is 1. The molecule has 0 bridgehead atoms. The molecule has 1 rings (SSSR count). The minimum Gasteiger partial charge on any atom is -0.335 e. The fraction of sp³-hybridized carbons (Fsp3) is 0.333. The van der Waals surface area contributed by atoms with Crippen LogP contribution in [0.15, 0.2) is 29.2 Å². The van der Waals surface area contributed by atoms with E-state index in [1.165, 1.54) is 0 Å². The molecule has 2 amide bonds.